The predicted molar refractivity (Wildman–Crippen MR) is 106 cm³/mol. The normalized spacial score (nSPS) is 16.2. The molecule has 1 aromatic carbocycles. The number of rotatable bonds is 4. The first-order valence-corrected chi connectivity index (χ1v) is 9.91. The highest BCUT2D eigenvalue weighted by Crippen LogP contribution is 2.36. The number of nitrogens with one attached hydrogen (secondary N) is 1. The molecule has 4 rings (SSSR count). The van der Waals surface area contributed by atoms with Gasteiger partial charge in [-0.15, -0.1) is 11.3 Å². The van der Waals surface area contributed by atoms with Gasteiger partial charge in [0.15, 0.2) is 5.78 Å². The summed E-state index contributed by atoms with van der Waals surface area (Å²) in [5.41, 5.74) is 4.73. The Morgan fingerprint density at radius 3 is 2.67 bits per heavy atom. The maximum Gasteiger partial charge on any atom is 0.355 e. The van der Waals surface area contributed by atoms with Crippen molar-refractivity contribution >= 4 is 23.1 Å². The number of hydrogen-bond donors (Lipinski definition) is 1. The van der Waals surface area contributed by atoms with Crippen molar-refractivity contribution in [1.82, 2.24) is 4.98 Å². The van der Waals surface area contributed by atoms with Crippen LogP contribution in [0.5, 0.6) is 0 Å². The van der Waals surface area contributed by atoms with E-state index in [0.29, 0.717) is 23.2 Å². The van der Waals surface area contributed by atoms with Crippen LogP contribution in [0.25, 0.3) is 0 Å². The quantitative estimate of drug-likeness (QED) is 0.652. The van der Waals surface area contributed by atoms with Crippen molar-refractivity contribution in [2.45, 2.75) is 39.2 Å². The monoisotopic (exact) mass is 379 g/mol. The Labute approximate surface area is 162 Å². The first-order valence-electron chi connectivity index (χ1n) is 9.03. The van der Waals surface area contributed by atoms with E-state index in [0.717, 1.165) is 23.2 Å². The highest BCUT2D eigenvalue weighted by Gasteiger charge is 2.32. The number of ketones is 1. The van der Waals surface area contributed by atoms with Gasteiger partial charge in [0.2, 0.25) is 0 Å². The van der Waals surface area contributed by atoms with Crippen LogP contribution >= 0.6 is 11.3 Å². The van der Waals surface area contributed by atoms with Crippen molar-refractivity contribution < 1.29 is 14.3 Å². The molecule has 3 aromatic rings. The fourth-order valence-corrected chi connectivity index (χ4v) is 4.50. The lowest BCUT2D eigenvalue weighted by molar-refractivity contribution is 0.0465. The summed E-state index contributed by atoms with van der Waals surface area (Å²) in [6, 6.07) is 12.0. The molecule has 5 heteroatoms. The zero-order valence-electron chi connectivity index (χ0n) is 15.4. The standard InChI is InChI=1S/C22H21NO3S/c1-13-5-7-15(8-6-13)12-26-22(25)21-14(2)20-17(23-21)10-16(11-18(20)24)19-4-3-9-27-19/h3-9,16,23H,10-12H2,1-2H3/t16-/m0/s1. The van der Waals surface area contributed by atoms with E-state index in [1.807, 2.05) is 49.6 Å². The van der Waals surface area contributed by atoms with E-state index in [9.17, 15) is 9.59 Å². The van der Waals surface area contributed by atoms with Crippen molar-refractivity contribution in [2.75, 3.05) is 0 Å². The molecule has 1 N–H and O–H groups in total. The van der Waals surface area contributed by atoms with E-state index in [2.05, 4.69) is 11.1 Å². The number of fused-ring (bicyclic) bond motifs is 1. The number of aryl methyl sites for hydroxylation is 1. The van der Waals surface area contributed by atoms with Crippen molar-refractivity contribution in [2.24, 2.45) is 0 Å². The number of Topliss-reactive ketones (excluding diaryl/α,β-unsaturated/α-hetero) is 1. The number of thiophene rings is 1. The maximum atomic E-state index is 12.7. The highest BCUT2D eigenvalue weighted by atomic mass is 32.1. The summed E-state index contributed by atoms with van der Waals surface area (Å²) in [4.78, 5) is 29.7. The van der Waals surface area contributed by atoms with Gasteiger partial charge < -0.3 is 9.72 Å². The van der Waals surface area contributed by atoms with Crippen LogP contribution in [-0.4, -0.2) is 16.7 Å². The molecule has 0 saturated carbocycles. The number of carbonyl (C=O) groups excluding carboxylic acids is 2. The van der Waals surface area contributed by atoms with Crippen LogP contribution in [0.2, 0.25) is 0 Å². The molecule has 0 bridgehead atoms. The average Bonchev–Trinajstić information content (AvgIpc) is 3.29. The van der Waals surface area contributed by atoms with Crippen LogP contribution < -0.4 is 0 Å². The predicted octanol–water partition coefficient (Wildman–Crippen LogP) is 4.96. The molecule has 138 valence electrons. The number of ether oxygens (including phenoxy) is 1. The Morgan fingerprint density at radius 2 is 1.96 bits per heavy atom. The molecule has 0 radical (unpaired) electrons. The second-order valence-electron chi connectivity index (χ2n) is 7.08. The number of hydrogen-bond acceptors (Lipinski definition) is 4. The third-order valence-corrected chi connectivity index (χ3v) is 6.16. The van der Waals surface area contributed by atoms with Crippen molar-refractivity contribution in [3.8, 4) is 0 Å². The van der Waals surface area contributed by atoms with Gasteiger partial charge in [-0.3, -0.25) is 4.79 Å². The van der Waals surface area contributed by atoms with Crippen LogP contribution in [0.3, 0.4) is 0 Å². The third kappa shape index (κ3) is 3.47. The fourth-order valence-electron chi connectivity index (χ4n) is 3.67. The van der Waals surface area contributed by atoms with E-state index in [4.69, 9.17) is 4.74 Å². The first-order chi connectivity index (χ1) is 13.0. The molecule has 1 aliphatic carbocycles. The number of benzene rings is 1. The van der Waals surface area contributed by atoms with Gasteiger partial charge in [0.1, 0.15) is 12.3 Å². The molecule has 27 heavy (non-hydrogen) atoms. The van der Waals surface area contributed by atoms with Gasteiger partial charge in [-0.05, 0) is 42.8 Å². The second-order valence-corrected chi connectivity index (χ2v) is 8.06. The molecule has 2 aromatic heterocycles. The van der Waals surface area contributed by atoms with E-state index in [1.165, 1.54) is 4.88 Å². The van der Waals surface area contributed by atoms with E-state index in [-0.39, 0.29) is 18.3 Å². The number of aromatic nitrogens is 1. The molecule has 1 aliphatic rings. The van der Waals surface area contributed by atoms with Gasteiger partial charge in [-0.2, -0.15) is 0 Å². The zero-order chi connectivity index (χ0) is 19.0. The summed E-state index contributed by atoms with van der Waals surface area (Å²) in [6.07, 6.45) is 1.23. The van der Waals surface area contributed by atoms with Crippen LogP contribution in [-0.2, 0) is 17.8 Å². The lowest BCUT2D eigenvalue weighted by atomic mass is 9.84. The van der Waals surface area contributed by atoms with Crippen LogP contribution in [0, 0.1) is 13.8 Å². The van der Waals surface area contributed by atoms with Crippen molar-refractivity contribution in [3.05, 3.63) is 80.3 Å². The van der Waals surface area contributed by atoms with E-state index < -0.39 is 5.97 Å². The lowest BCUT2D eigenvalue weighted by Gasteiger charge is -2.20. The topological polar surface area (TPSA) is 59.2 Å². The van der Waals surface area contributed by atoms with E-state index in [1.54, 1.807) is 11.3 Å². The SMILES string of the molecule is Cc1ccc(COC(=O)c2[nH]c3c(c2C)C(=O)C[C@@H](c2cccs2)C3)cc1. The van der Waals surface area contributed by atoms with E-state index >= 15 is 0 Å². The van der Waals surface area contributed by atoms with Gasteiger partial charge in [-0.1, -0.05) is 35.9 Å². The maximum absolute atomic E-state index is 12.7. The largest absolute Gasteiger partial charge is 0.456 e. The number of carbonyl (C=O) groups is 2. The summed E-state index contributed by atoms with van der Waals surface area (Å²) in [7, 11) is 0. The summed E-state index contributed by atoms with van der Waals surface area (Å²) < 4.78 is 5.47. The van der Waals surface area contributed by atoms with Crippen LogP contribution in [0.15, 0.2) is 41.8 Å². The Bertz CT molecular complexity index is 983. The summed E-state index contributed by atoms with van der Waals surface area (Å²) >= 11 is 1.67. The van der Waals surface area contributed by atoms with Gasteiger partial charge in [-0.25, -0.2) is 4.79 Å². The fraction of sp³-hybridized carbons (Fsp3) is 0.273. The number of esters is 1. The van der Waals surface area contributed by atoms with Crippen molar-refractivity contribution in [1.29, 1.82) is 0 Å². The average molecular weight is 379 g/mol. The molecule has 2 heterocycles. The van der Waals surface area contributed by atoms with Crippen LogP contribution in [0.4, 0.5) is 0 Å². The molecule has 0 amide bonds. The lowest BCUT2D eigenvalue weighted by Crippen LogP contribution is -2.17. The molecule has 1 atom stereocenters. The Kier molecular flexibility index (Phi) is 4.70. The number of aromatic amines is 1. The third-order valence-electron chi connectivity index (χ3n) is 5.13. The first kappa shape index (κ1) is 17.7. The van der Waals surface area contributed by atoms with Crippen molar-refractivity contribution in [3.63, 3.8) is 0 Å². The molecular formula is C22H21NO3S. The van der Waals surface area contributed by atoms with Gasteiger partial charge in [0, 0.05) is 28.5 Å². The Morgan fingerprint density at radius 1 is 1.19 bits per heavy atom. The van der Waals surface area contributed by atoms with Gasteiger partial charge in [0.05, 0.1) is 0 Å². The summed E-state index contributed by atoms with van der Waals surface area (Å²) in [6.45, 7) is 4.05. The Balaban J connectivity index is 1.53. The Hall–Kier alpha value is -2.66. The zero-order valence-corrected chi connectivity index (χ0v) is 16.2. The van der Waals surface area contributed by atoms with Crippen LogP contribution in [0.1, 0.15) is 60.4 Å². The smallest absolute Gasteiger partial charge is 0.355 e. The molecule has 0 saturated heterocycles. The van der Waals surface area contributed by atoms with Gasteiger partial charge in [0.25, 0.3) is 0 Å². The minimum absolute atomic E-state index is 0.0981. The molecule has 0 unspecified atom stereocenters. The minimum Gasteiger partial charge on any atom is -0.456 e. The second kappa shape index (κ2) is 7.16. The summed E-state index contributed by atoms with van der Waals surface area (Å²) in [5.74, 6) is -0.136. The molecule has 0 spiro atoms. The molecule has 4 nitrogen and oxygen atoms in total. The molecule has 0 fully saturated rings. The van der Waals surface area contributed by atoms with Gasteiger partial charge >= 0.3 is 5.97 Å². The summed E-state index contributed by atoms with van der Waals surface area (Å²) in [5, 5.41) is 2.03. The highest BCUT2D eigenvalue weighted by molar-refractivity contribution is 7.10. The number of H-pyrrole nitrogens is 1. The molecular weight excluding hydrogens is 358 g/mol. The minimum atomic E-state index is -0.414. The molecule has 0 aliphatic heterocycles.